The van der Waals surface area contributed by atoms with Gasteiger partial charge in [0.25, 0.3) is 5.91 Å². The Hall–Kier alpha value is -0.810. The van der Waals surface area contributed by atoms with E-state index in [0.29, 0.717) is 23.3 Å². The molecule has 0 aromatic carbocycles. The lowest BCUT2D eigenvalue weighted by atomic mass is 9.79. The van der Waals surface area contributed by atoms with E-state index < -0.39 is 0 Å². The van der Waals surface area contributed by atoms with E-state index >= 15 is 0 Å². The number of carbonyl (C=O) groups is 1. The standard InChI is InChI=1S/C12H17BrN2O2/c1-12(2)7-15(5-3-9(12)14)11(16)10-8(13)4-6-17-10/h4,6,9H,3,5,7,14H2,1-2H3. The Morgan fingerprint density at radius 3 is 2.88 bits per heavy atom. The molecule has 0 aliphatic carbocycles. The Morgan fingerprint density at radius 2 is 2.35 bits per heavy atom. The van der Waals surface area contributed by atoms with Crippen molar-refractivity contribution in [3.8, 4) is 0 Å². The van der Waals surface area contributed by atoms with E-state index in [9.17, 15) is 4.79 Å². The number of furan rings is 1. The summed E-state index contributed by atoms with van der Waals surface area (Å²) in [5.41, 5.74) is 6.00. The number of halogens is 1. The lowest BCUT2D eigenvalue weighted by Gasteiger charge is -2.42. The van der Waals surface area contributed by atoms with Crippen molar-refractivity contribution in [2.75, 3.05) is 13.1 Å². The van der Waals surface area contributed by atoms with Crippen molar-refractivity contribution in [3.63, 3.8) is 0 Å². The summed E-state index contributed by atoms with van der Waals surface area (Å²) in [5.74, 6) is 0.304. The number of hydrogen-bond donors (Lipinski definition) is 1. The van der Waals surface area contributed by atoms with E-state index in [-0.39, 0.29) is 17.4 Å². The lowest BCUT2D eigenvalue weighted by Crippen LogP contribution is -2.54. The summed E-state index contributed by atoms with van der Waals surface area (Å²) in [6.07, 6.45) is 2.34. The van der Waals surface area contributed by atoms with E-state index in [4.69, 9.17) is 10.2 Å². The number of likely N-dealkylation sites (tertiary alicyclic amines) is 1. The maximum absolute atomic E-state index is 12.2. The monoisotopic (exact) mass is 300 g/mol. The molecule has 1 aliphatic heterocycles. The highest BCUT2D eigenvalue weighted by molar-refractivity contribution is 9.10. The Balaban J connectivity index is 2.15. The van der Waals surface area contributed by atoms with Gasteiger partial charge >= 0.3 is 0 Å². The summed E-state index contributed by atoms with van der Waals surface area (Å²) >= 11 is 3.31. The van der Waals surface area contributed by atoms with E-state index in [1.165, 1.54) is 6.26 Å². The van der Waals surface area contributed by atoms with Crippen molar-refractivity contribution >= 4 is 21.8 Å². The fourth-order valence-corrected chi connectivity index (χ4v) is 2.51. The molecule has 0 spiro atoms. The highest BCUT2D eigenvalue weighted by Gasteiger charge is 2.36. The molecule has 1 aliphatic rings. The highest BCUT2D eigenvalue weighted by Crippen LogP contribution is 2.29. The number of nitrogens with zero attached hydrogens (tertiary/aromatic N) is 1. The highest BCUT2D eigenvalue weighted by atomic mass is 79.9. The van der Waals surface area contributed by atoms with Crippen LogP contribution in [0.3, 0.4) is 0 Å². The van der Waals surface area contributed by atoms with Crippen LogP contribution in [0.2, 0.25) is 0 Å². The number of amides is 1. The first-order valence-electron chi connectivity index (χ1n) is 5.69. The van der Waals surface area contributed by atoms with E-state index in [2.05, 4.69) is 29.8 Å². The molecule has 5 heteroatoms. The average molecular weight is 301 g/mol. The van der Waals surface area contributed by atoms with E-state index in [0.717, 1.165) is 6.42 Å². The Bertz CT molecular complexity index is 428. The normalized spacial score (nSPS) is 23.8. The number of piperidine rings is 1. The summed E-state index contributed by atoms with van der Waals surface area (Å²) in [7, 11) is 0. The molecule has 17 heavy (non-hydrogen) atoms. The molecule has 0 bridgehead atoms. The molecule has 1 atom stereocenters. The number of rotatable bonds is 1. The van der Waals surface area contributed by atoms with Crippen LogP contribution in [0.1, 0.15) is 30.8 Å². The maximum atomic E-state index is 12.2. The number of hydrogen-bond acceptors (Lipinski definition) is 3. The quantitative estimate of drug-likeness (QED) is 0.865. The first-order valence-corrected chi connectivity index (χ1v) is 6.49. The molecule has 1 fully saturated rings. The third kappa shape index (κ3) is 2.40. The summed E-state index contributed by atoms with van der Waals surface area (Å²) in [5, 5.41) is 0. The first kappa shape index (κ1) is 12.6. The maximum Gasteiger partial charge on any atom is 0.290 e. The fraction of sp³-hybridized carbons (Fsp3) is 0.583. The molecule has 1 aromatic rings. The molecule has 2 heterocycles. The zero-order chi connectivity index (χ0) is 12.6. The molecule has 2 rings (SSSR count). The zero-order valence-electron chi connectivity index (χ0n) is 10.1. The SMILES string of the molecule is CC1(C)CN(C(=O)c2occc2Br)CCC1N. The minimum Gasteiger partial charge on any atom is -0.458 e. The minimum atomic E-state index is -0.0677. The van der Waals surface area contributed by atoms with Gasteiger partial charge in [-0.1, -0.05) is 13.8 Å². The van der Waals surface area contributed by atoms with Crippen LogP contribution in [0.5, 0.6) is 0 Å². The smallest absolute Gasteiger partial charge is 0.290 e. The summed E-state index contributed by atoms with van der Waals surface area (Å²) in [4.78, 5) is 14.0. The van der Waals surface area contributed by atoms with Crippen molar-refractivity contribution in [2.45, 2.75) is 26.3 Å². The fourth-order valence-electron chi connectivity index (χ4n) is 2.14. The molecular formula is C12H17BrN2O2. The first-order chi connectivity index (χ1) is 7.92. The molecular weight excluding hydrogens is 284 g/mol. The number of carbonyl (C=O) groups excluding carboxylic acids is 1. The molecule has 1 unspecified atom stereocenters. The second-order valence-corrected chi connectivity index (χ2v) is 6.06. The predicted molar refractivity (Wildman–Crippen MR) is 68.7 cm³/mol. The van der Waals surface area contributed by atoms with Crippen molar-refractivity contribution in [1.82, 2.24) is 4.90 Å². The van der Waals surface area contributed by atoms with Gasteiger partial charge in [0.2, 0.25) is 5.76 Å². The van der Waals surface area contributed by atoms with E-state index in [1.807, 2.05) is 4.90 Å². The van der Waals surface area contributed by atoms with Crippen molar-refractivity contribution < 1.29 is 9.21 Å². The van der Waals surface area contributed by atoms with Crippen LogP contribution < -0.4 is 5.73 Å². The Kier molecular flexibility index (Phi) is 3.32. The minimum absolute atomic E-state index is 0.0486. The molecule has 2 N–H and O–H groups in total. The summed E-state index contributed by atoms with van der Waals surface area (Å²) < 4.78 is 5.91. The van der Waals surface area contributed by atoms with Gasteiger partial charge in [0.1, 0.15) is 0 Å². The Morgan fingerprint density at radius 1 is 1.65 bits per heavy atom. The summed E-state index contributed by atoms with van der Waals surface area (Å²) in [6.45, 7) is 5.54. The predicted octanol–water partition coefficient (Wildman–Crippen LogP) is 2.24. The van der Waals surface area contributed by atoms with Gasteiger partial charge in [-0.2, -0.15) is 0 Å². The van der Waals surface area contributed by atoms with Gasteiger partial charge in [-0.3, -0.25) is 4.79 Å². The molecule has 1 aromatic heterocycles. The van der Waals surface area contributed by atoms with Crippen LogP contribution in [0.25, 0.3) is 0 Å². The van der Waals surface area contributed by atoms with Gasteiger partial charge in [-0.05, 0) is 33.8 Å². The van der Waals surface area contributed by atoms with Crippen LogP contribution in [0.4, 0.5) is 0 Å². The van der Waals surface area contributed by atoms with Crippen LogP contribution in [0, 0.1) is 5.41 Å². The second kappa shape index (κ2) is 4.46. The van der Waals surface area contributed by atoms with Crippen LogP contribution in [-0.4, -0.2) is 29.9 Å². The molecule has 94 valence electrons. The number of nitrogens with two attached hydrogens (primary N) is 1. The third-order valence-corrected chi connectivity index (χ3v) is 4.04. The van der Waals surface area contributed by atoms with Gasteiger partial charge in [0.15, 0.2) is 0 Å². The molecule has 0 radical (unpaired) electrons. The van der Waals surface area contributed by atoms with Crippen LogP contribution in [0.15, 0.2) is 21.2 Å². The van der Waals surface area contributed by atoms with Crippen molar-refractivity contribution in [3.05, 3.63) is 22.6 Å². The summed E-state index contributed by atoms with van der Waals surface area (Å²) in [6, 6.07) is 1.88. The van der Waals surface area contributed by atoms with Crippen molar-refractivity contribution in [1.29, 1.82) is 0 Å². The molecule has 1 amide bonds. The average Bonchev–Trinajstić information content (AvgIpc) is 2.67. The Labute approximate surface area is 109 Å². The van der Waals surface area contributed by atoms with Gasteiger partial charge in [0.05, 0.1) is 10.7 Å². The van der Waals surface area contributed by atoms with E-state index in [1.54, 1.807) is 6.07 Å². The van der Waals surface area contributed by atoms with Gasteiger partial charge in [0, 0.05) is 19.1 Å². The molecule has 1 saturated heterocycles. The molecule has 4 nitrogen and oxygen atoms in total. The van der Waals surface area contributed by atoms with Crippen LogP contribution >= 0.6 is 15.9 Å². The van der Waals surface area contributed by atoms with Gasteiger partial charge < -0.3 is 15.1 Å². The van der Waals surface area contributed by atoms with Gasteiger partial charge in [-0.25, -0.2) is 0 Å². The topological polar surface area (TPSA) is 59.5 Å². The molecule has 0 saturated carbocycles. The largest absolute Gasteiger partial charge is 0.458 e. The van der Waals surface area contributed by atoms with Crippen LogP contribution in [-0.2, 0) is 0 Å². The third-order valence-electron chi connectivity index (χ3n) is 3.41. The lowest BCUT2D eigenvalue weighted by molar-refractivity contribution is 0.0502. The van der Waals surface area contributed by atoms with Crippen molar-refractivity contribution in [2.24, 2.45) is 11.1 Å². The van der Waals surface area contributed by atoms with Gasteiger partial charge in [-0.15, -0.1) is 0 Å². The zero-order valence-corrected chi connectivity index (χ0v) is 11.7. The second-order valence-electron chi connectivity index (χ2n) is 5.21.